The van der Waals surface area contributed by atoms with Crippen molar-refractivity contribution in [2.45, 2.75) is 51.6 Å². The highest BCUT2D eigenvalue weighted by molar-refractivity contribution is 6.01. The van der Waals surface area contributed by atoms with Crippen molar-refractivity contribution in [3.05, 3.63) is 66.6 Å². The summed E-state index contributed by atoms with van der Waals surface area (Å²) in [5.41, 5.74) is 9.57. The number of hydrogen-bond acceptors (Lipinski definition) is 9. The molecule has 4 N–H and O–H groups in total. The Balaban J connectivity index is 0.000000541. The van der Waals surface area contributed by atoms with E-state index < -0.39 is 11.9 Å². The summed E-state index contributed by atoms with van der Waals surface area (Å²) < 4.78 is 8.27. The number of piperazine rings is 1. The topological polar surface area (TPSA) is 164 Å². The fourth-order valence-corrected chi connectivity index (χ4v) is 6.01. The maximum Gasteiger partial charge on any atom is 0.300 e. The number of aliphatic carboxylic acids is 2. The van der Waals surface area contributed by atoms with Crippen molar-refractivity contribution in [2.75, 3.05) is 39.0 Å². The van der Waals surface area contributed by atoms with E-state index in [-0.39, 0.29) is 0 Å². The quantitative estimate of drug-likeness (QED) is 0.240. The second-order valence-corrected chi connectivity index (χ2v) is 11.5. The van der Waals surface area contributed by atoms with Crippen LogP contribution >= 0.6 is 0 Å². The number of nitrogens with two attached hydrogens (primary N) is 1. The molecule has 0 spiro atoms. The molecular formula is C34H42N6O6. The number of fused-ring (bicyclic) bond motifs is 1. The first-order valence-electron chi connectivity index (χ1n) is 15.3. The molecule has 0 unspecified atom stereocenters. The van der Waals surface area contributed by atoms with E-state index in [0.717, 1.165) is 81.3 Å². The number of carboxylic acid groups (broad SMARTS) is 2. The molecule has 4 aromatic rings. The lowest BCUT2D eigenvalue weighted by Crippen LogP contribution is -2.49. The van der Waals surface area contributed by atoms with Crippen molar-refractivity contribution in [1.82, 2.24) is 24.3 Å². The highest BCUT2D eigenvalue weighted by Gasteiger charge is 2.30. The van der Waals surface area contributed by atoms with Crippen LogP contribution in [0.15, 0.2) is 61.1 Å². The number of ether oxygens (including phenoxy) is 1. The zero-order valence-electron chi connectivity index (χ0n) is 26.5. The van der Waals surface area contributed by atoms with Crippen molar-refractivity contribution in [1.29, 1.82) is 0 Å². The lowest BCUT2D eigenvalue weighted by molar-refractivity contribution is -0.135. The van der Waals surface area contributed by atoms with Gasteiger partial charge in [0.1, 0.15) is 29.3 Å². The van der Waals surface area contributed by atoms with Crippen LogP contribution in [0.1, 0.15) is 55.9 Å². The maximum absolute atomic E-state index is 12.0. The Kier molecular flexibility index (Phi) is 11.8. The fraction of sp³-hybridized carbons (Fsp3) is 0.382. The van der Waals surface area contributed by atoms with E-state index in [0.29, 0.717) is 35.0 Å². The lowest BCUT2D eigenvalue weighted by Gasteiger charge is -2.41. The predicted molar refractivity (Wildman–Crippen MR) is 176 cm³/mol. The van der Waals surface area contributed by atoms with E-state index in [9.17, 15) is 4.79 Å². The minimum Gasteiger partial charge on any atom is -0.481 e. The van der Waals surface area contributed by atoms with Crippen LogP contribution < -0.4 is 10.5 Å². The second-order valence-electron chi connectivity index (χ2n) is 11.5. The van der Waals surface area contributed by atoms with Gasteiger partial charge in [-0.2, -0.15) is 0 Å². The normalized spacial score (nSPS) is 18.4. The molecule has 3 heterocycles. The van der Waals surface area contributed by atoms with Crippen LogP contribution in [0.2, 0.25) is 0 Å². The number of hydrogen-bond donors (Lipinski definition) is 3. The van der Waals surface area contributed by atoms with Gasteiger partial charge in [-0.05, 0) is 62.6 Å². The SMILES string of the molecule is CC(=O)O.CC(=O)O.CN1CCN(C2CCC(n3cc(-c4ccc(Oc5ccccc5)c(C=O)c4)c4c(N)ncnc43)CC2)CC1. The van der Waals surface area contributed by atoms with Crippen LogP contribution in [0.3, 0.4) is 0 Å². The Bertz CT molecular complexity index is 1610. The molecule has 0 bridgehead atoms. The van der Waals surface area contributed by atoms with E-state index in [1.807, 2.05) is 48.5 Å². The molecule has 1 aliphatic carbocycles. The number of carboxylic acids is 2. The highest BCUT2D eigenvalue weighted by Crippen LogP contribution is 2.40. The Morgan fingerprint density at radius 2 is 1.52 bits per heavy atom. The lowest BCUT2D eigenvalue weighted by atomic mass is 9.89. The zero-order chi connectivity index (χ0) is 33.2. The van der Waals surface area contributed by atoms with Crippen molar-refractivity contribution < 1.29 is 29.3 Å². The monoisotopic (exact) mass is 630 g/mol. The standard InChI is InChI=1S/C30H34N6O2.2C2H4O2/c1-34-13-15-35(16-14-34)23-8-10-24(11-9-23)36-18-26(28-29(31)32-20-33-30(28)36)21-7-12-27(22(17-21)19-37)38-25-5-3-2-4-6-25;2*1-2(3)4/h2-7,12,17-20,23-24H,8-11,13-16H2,1H3,(H2,31,32,33);2*1H3,(H,3,4). The Morgan fingerprint density at radius 3 is 2.13 bits per heavy atom. The molecule has 0 amide bonds. The minimum absolute atomic E-state index is 0.357. The number of para-hydroxylation sites is 1. The summed E-state index contributed by atoms with van der Waals surface area (Å²) in [5, 5.41) is 15.7. The Morgan fingerprint density at radius 1 is 0.913 bits per heavy atom. The van der Waals surface area contributed by atoms with Crippen LogP contribution in [0.5, 0.6) is 11.5 Å². The molecule has 1 aliphatic heterocycles. The molecule has 2 fully saturated rings. The third kappa shape index (κ3) is 8.89. The molecule has 0 atom stereocenters. The van der Waals surface area contributed by atoms with Gasteiger partial charge in [0.15, 0.2) is 6.29 Å². The number of nitrogen functional groups attached to an aromatic ring is 1. The molecule has 1 saturated heterocycles. The van der Waals surface area contributed by atoms with Crippen LogP contribution in [0.4, 0.5) is 5.82 Å². The summed E-state index contributed by atoms with van der Waals surface area (Å²) in [4.78, 5) is 44.1. The first-order valence-corrected chi connectivity index (χ1v) is 15.3. The van der Waals surface area contributed by atoms with Crippen molar-refractivity contribution in [2.24, 2.45) is 0 Å². The van der Waals surface area contributed by atoms with Gasteiger partial charge in [0, 0.05) is 63.9 Å². The average Bonchev–Trinajstić information content (AvgIpc) is 3.43. The van der Waals surface area contributed by atoms with Gasteiger partial charge in [0.25, 0.3) is 11.9 Å². The molecule has 244 valence electrons. The molecule has 12 nitrogen and oxygen atoms in total. The summed E-state index contributed by atoms with van der Waals surface area (Å²) in [6, 6.07) is 16.2. The van der Waals surface area contributed by atoms with Gasteiger partial charge in [0.2, 0.25) is 0 Å². The summed E-state index contributed by atoms with van der Waals surface area (Å²) >= 11 is 0. The first kappa shape index (κ1) is 34.1. The first-order chi connectivity index (χ1) is 22.1. The van der Waals surface area contributed by atoms with E-state index in [4.69, 9.17) is 30.3 Å². The van der Waals surface area contributed by atoms with E-state index >= 15 is 0 Å². The largest absolute Gasteiger partial charge is 0.481 e. The number of likely N-dealkylation sites (N-methyl/N-ethyl adjacent to an activating group) is 1. The van der Waals surface area contributed by atoms with Gasteiger partial charge in [-0.1, -0.05) is 24.3 Å². The summed E-state index contributed by atoms with van der Waals surface area (Å²) in [7, 11) is 2.21. The van der Waals surface area contributed by atoms with E-state index in [1.165, 1.54) is 12.8 Å². The van der Waals surface area contributed by atoms with Gasteiger partial charge < -0.3 is 30.2 Å². The molecule has 6 rings (SSSR count). The maximum atomic E-state index is 12.0. The zero-order valence-corrected chi connectivity index (χ0v) is 26.5. The number of anilines is 1. The smallest absolute Gasteiger partial charge is 0.300 e. The van der Waals surface area contributed by atoms with Gasteiger partial charge in [0.05, 0.1) is 10.9 Å². The molecule has 46 heavy (non-hydrogen) atoms. The van der Waals surface area contributed by atoms with Crippen molar-refractivity contribution in [3.8, 4) is 22.6 Å². The van der Waals surface area contributed by atoms with Gasteiger partial charge >= 0.3 is 0 Å². The van der Waals surface area contributed by atoms with Crippen LogP contribution in [0, 0.1) is 0 Å². The fourth-order valence-electron chi connectivity index (χ4n) is 6.01. The molecule has 2 aliphatic rings. The number of aromatic nitrogens is 3. The number of carbonyl (C=O) groups excluding carboxylic acids is 1. The molecule has 2 aromatic carbocycles. The minimum atomic E-state index is -0.833. The molecular weight excluding hydrogens is 588 g/mol. The third-order valence-corrected chi connectivity index (χ3v) is 8.17. The molecule has 0 radical (unpaired) electrons. The number of nitrogens with zero attached hydrogens (tertiary/aromatic N) is 5. The van der Waals surface area contributed by atoms with Crippen LogP contribution in [-0.4, -0.2) is 92.0 Å². The van der Waals surface area contributed by atoms with Crippen molar-refractivity contribution in [3.63, 3.8) is 0 Å². The van der Waals surface area contributed by atoms with Gasteiger partial charge in [-0.25, -0.2) is 9.97 Å². The number of carbonyl (C=O) groups is 3. The average molecular weight is 631 g/mol. The summed E-state index contributed by atoms with van der Waals surface area (Å²) in [6.45, 7) is 6.80. The summed E-state index contributed by atoms with van der Waals surface area (Å²) in [6.07, 6.45) is 9.11. The molecule has 2 aromatic heterocycles. The van der Waals surface area contributed by atoms with Crippen LogP contribution in [-0.2, 0) is 9.59 Å². The van der Waals surface area contributed by atoms with Crippen LogP contribution in [0.25, 0.3) is 22.2 Å². The highest BCUT2D eigenvalue weighted by atomic mass is 16.5. The predicted octanol–water partition coefficient (Wildman–Crippen LogP) is 5.20. The Labute approximate surface area is 268 Å². The van der Waals surface area contributed by atoms with E-state index in [1.54, 1.807) is 6.33 Å². The van der Waals surface area contributed by atoms with Gasteiger partial charge in [-0.3, -0.25) is 19.3 Å². The number of rotatable bonds is 6. The van der Waals surface area contributed by atoms with Gasteiger partial charge in [-0.15, -0.1) is 0 Å². The number of aldehydes is 1. The second kappa shape index (κ2) is 16.0. The molecule has 12 heteroatoms. The summed E-state index contributed by atoms with van der Waals surface area (Å²) in [5.74, 6) is -0.0120. The third-order valence-electron chi connectivity index (χ3n) is 8.17. The molecule has 1 saturated carbocycles. The van der Waals surface area contributed by atoms with E-state index in [2.05, 4.69) is 37.6 Å². The van der Waals surface area contributed by atoms with Crippen molar-refractivity contribution >= 4 is 35.1 Å². The number of benzene rings is 2. The Hall–Kier alpha value is -4.81.